The molecule has 0 radical (unpaired) electrons. The summed E-state index contributed by atoms with van der Waals surface area (Å²) in [6.45, 7) is 4.31. The molecule has 2 N–H and O–H groups in total. The highest BCUT2D eigenvalue weighted by Gasteiger charge is 2.33. The van der Waals surface area contributed by atoms with Gasteiger partial charge in [0.1, 0.15) is 0 Å². The zero-order valence-corrected chi connectivity index (χ0v) is 19.4. The maximum Gasteiger partial charge on any atom is 0.416 e. The molecule has 1 aromatic heterocycles. The summed E-state index contributed by atoms with van der Waals surface area (Å²) in [5, 5.41) is 2.63. The van der Waals surface area contributed by atoms with Crippen molar-refractivity contribution in [1.82, 2.24) is 19.8 Å². The number of alkyl halides is 3. The van der Waals surface area contributed by atoms with E-state index >= 15 is 0 Å². The number of hydrogen-bond acceptors (Lipinski definition) is 4. The van der Waals surface area contributed by atoms with Crippen molar-refractivity contribution in [2.75, 3.05) is 25.5 Å². The van der Waals surface area contributed by atoms with Gasteiger partial charge in [-0.1, -0.05) is 13.0 Å². The van der Waals surface area contributed by atoms with Crippen LogP contribution < -0.4 is 5.32 Å². The van der Waals surface area contributed by atoms with Gasteiger partial charge in [0.05, 0.1) is 28.6 Å². The van der Waals surface area contributed by atoms with Crippen molar-refractivity contribution < 1.29 is 22.8 Å². The van der Waals surface area contributed by atoms with Crippen LogP contribution in [0.25, 0.3) is 11.0 Å². The van der Waals surface area contributed by atoms with Gasteiger partial charge in [0.15, 0.2) is 0 Å². The molecular formula is C25H26F3N5O2. The predicted octanol–water partition coefficient (Wildman–Crippen LogP) is 4.37. The number of nitrogens with zero attached hydrogens (tertiary/aromatic N) is 3. The van der Waals surface area contributed by atoms with Gasteiger partial charge in [-0.05, 0) is 47.7 Å². The topological polar surface area (TPSA) is 81.3 Å². The summed E-state index contributed by atoms with van der Waals surface area (Å²) in [7, 11) is 1.82. The van der Waals surface area contributed by atoms with Gasteiger partial charge in [-0.15, -0.1) is 0 Å². The minimum absolute atomic E-state index is 0.0230. The third-order valence-electron chi connectivity index (χ3n) is 7.07. The number of anilines is 1. The second-order valence-electron chi connectivity index (χ2n) is 9.48. The van der Waals surface area contributed by atoms with Crippen LogP contribution in [-0.2, 0) is 17.5 Å². The van der Waals surface area contributed by atoms with Crippen LogP contribution in [0.2, 0.25) is 0 Å². The highest BCUT2D eigenvalue weighted by atomic mass is 19.4. The lowest BCUT2D eigenvalue weighted by Gasteiger charge is -2.41. The quantitative estimate of drug-likeness (QED) is 0.577. The number of aromatic nitrogens is 2. The Kier molecular flexibility index (Phi) is 5.79. The summed E-state index contributed by atoms with van der Waals surface area (Å²) in [5.74, 6) is -0.125. The highest BCUT2D eigenvalue weighted by molar-refractivity contribution is 6.08. The molecular weight excluding hydrogens is 459 g/mol. The molecule has 2 atom stereocenters. The Labute approximate surface area is 200 Å². The molecule has 0 spiro atoms. The van der Waals surface area contributed by atoms with Gasteiger partial charge in [0.2, 0.25) is 5.91 Å². The lowest BCUT2D eigenvalue weighted by atomic mass is 9.87. The average Bonchev–Trinajstić information content (AvgIpc) is 3.29. The van der Waals surface area contributed by atoms with Gasteiger partial charge < -0.3 is 15.2 Å². The molecule has 0 bridgehead atoms. The second-order valence-corrected chi connectivity index (χ2v) is 9.48. The molecule has 7 nitrogen and oxygen atoms in total. The van der Waals surface area contributed by atoms with Crippen LogP contribution in [-0.4, -0.2) is 57.8 Å². The van der Waals surface area contributed by atoms with E-state index in [0.717, 1.165) is 42.8 Å². The molecule has 35 heavy (non-hydrogen) atoms. The number of benzene rings is 2. The molecule has 3 aromatic rings. The maximum absolute atomic E-state index is 13.3. The molecule has 1 saturated heterocycles. The Hall–Kier alpha value is -3.40. The number of amides is 2. The smallest absolute Gasteiger partial charge is 0.346 e. The SMILES string of the molecule is CC1CN(C2CCN(C)C(=O)C2)Cc2cc(C(=O)Nc3cc(C(F)(F)F)cc4nc[nH]c34)ccc21. The van der Waals surface area contributed by atoms with E-state index in [-0.39, 0.29) is 29.1 Å². The Morgan fingerprint density at radius 2 is 2.03 bits per heavy atom. The number of carbonyl (C=O) groups excluding carboxylic acids is 2. The predicted molar refractivity (Wildman–Crippen MR) is 125 cm³/mol. The number of aromatic amines is 1. The number of carbonyl (C=O) groups is 2. The molecule has 5 rings (SSSR count). The van der Waals surface area contributed by atoms with Crippen molar-refractivity contribution in [3.8, 4) is 0 Å². The van der Waals surface area contributed by atoms with Gasteiger partial charge in [-0.3, -0.25) is 14.5 Å². The molecule has 2 aliphatic heterocycles. The normalized spacial score (nSPS) is 21.3. The van der Waals surface area contributed by atoms with Crippen molar-refractivity contribution in [2.24, 2.45) is 0 Å². The Balaban J connectivity index is 1.39. The summed E-state index contributed by atoms with van der Waals surface area (Å²) in [6.07, 6.45) is -1.88. The molecule has 0 saturated carbocycles. The zero-order chi connectivity index (χ0) is 24.9. The lowest BCUT2D eigenvalue weighted by Crippen LogP contribution is -2.48. The molecule has 2 aliphatic rings. The Bertz CT molecular complexity index is 1300. The van der Waals surface area contributed by atoms with Crippen molar-refractivity contribution in [2.45, 2.75) is 44.4 Å². The first kappa shape index (κ1) is 23.3. The van der Waals surface area contributed by atoms with Gasteiger partial charge in [0.25, 0.3) is 5.91 Å². The standard InChI is InChI=1S/C25H26F3N5O2/c1-14-11-33(18-5-6-32(2)22(34)10-18)12-16-7-15(3-4-19(14)16)24(35)31-21-9-17(25(26,27)28)8-20-23(21)30-13-29-20/h3-4,7-9,13-14,18H,5-6,10-12H2,1-2H3,(H,29,30)(H,31,35). The van der Waals surface area contributed by atoms with Crippen LogP contribution in [0, 0.1) is 0 Å². The number of rotatable bonds is 3. The van der Waals surface area contributed by atoms with Gasteiger partial charge in [-0.2, -0.15) is 13.2 Å². The maximum atomic E-state index is 13.3. The van der Waals surface area contributed by atoms with Crippen LogP contribution in [0.4, 0.5) is 18.9 Å². The molecule has 2 amide bonds. The van der Waals surface area contributed by atoms with E-state index in [9.17, 15) is 22.8 Å². The first-order chi connectivity index (χ1) is 16.6. The van der Waals surface area contributed by atoms with E-state index in [2.05, 4.69) is 27.1 Å². The van der Waals surface area contributed by atoms with Crippen LogP contribution in [0.1, 0.15) is 52.7 Å². The van der Waals surface area contributed by atoms with E-state index in [4.69, 9.17) is 0 Å². The summed E-state index contributed by atoms with van der Waals surface area (Å²) < 4.78 is 40.0. The molecule has 3 heterocycles. The van der Waals surface area contributed by atoms with Gasteiger partial charge in [-0.25, -0.2) is 4.98 Å². The monoisotopic (exact) mass is 485 g/mol. The van der Waals surface area contributed by atoms with E-state index in [1.807, 2.05) is 19.2 Å². The van der Waals surface area contributed by atoms with E-state index < -0.39 is 17.6 Å². The largest absolute Gasteiger partial charge is 0.416 e. The van der Waals surface area contributed by atoms with Gasteiger partial charge in [0, 0.05) is 44.7 Å². The molecule has 184 valence electrons. The number of halogens is 3. The van der Waals surface area contributed by atoms with Crippen LogP contribution in [0.5, 0.6) is 0 Å². The fourth-order valence-corrected chi connectivity index (χ4v) is 5.12. The lowest BCUT2D eigenvalue weighted by molar-refractivity contribution is -0.137. The van der Waals surface area contributed by atoms with E-state index in [1.165, 1.54) is 6.33 Å². The summed E-state index contributed by atoms with van der Waals surface area (Å²) in [6, 6.07) is 7.45. The molecule has 10 heteroatoms. The Morgan fingerprint density at radius 3 is 2.77 bits per heavy atom. The van der Waals surface area contributed by atoms with Crippen molar-refractivity contribution in [1.29, 1.82) is 0 Å². The fraction of sp³-hybridized carbons (Fsp3) is 0.400. The summed E-state index contributed by atoms with van der Waals surface area (Å²) in [5.41, 5.74) is 2.10. The number of H-pyrrole nitrogens is 1. The number of nitrogens with one attached hydrogen (secondary N) is 2. The molecule has 2 aromatic carbocycles. The first-order valence-electron chi connectivity index (χ1n) is 11.6. The van der Waals surface area contributed by atoms with E-state index in [0.29, 0.717) is 24.0 Å². The van der Waals surface area contributed by atoms with E-state index in [1.54, 1.807) is 11.0 Å². The highest BCUT2D eigenvalue weighted by Crippen LogP contribution is 2.35. The summed E-state index contributed by atoms with van der Waals surface area (Å²) in [4.78, 5) is 36.1. The fourth-order valence-electron chi connectivity index (χ4n) is 5.12. The average molecular weight is 486 g/mol. The number of piperidine rings is 1. The summed E-state index contributed by atoms with van der Waals surface area (Å²) >= 11 is 0. The minimum atomic E-state index is -4.56. The van der Waals surface area contributed by atoms with Crippen molar-refractivity contribution in [3.05, 3.63) is 58.9 Å². The van der Waals surface area contributed by atoms with Crippen LogP contribution >= 0.6 is 0 Å². The zero-order valence-electron chi connectivity index (χ0n) is 19.4. The number of hydrogen-bond donors (Lipinski definition) is 2. The van der Waals surface area contributed by atoms with Crippen LogP contribution in [0.3, 0.4) is 0 Å². The number of likely N-dealkylation sites (tertiary alicyclic amines) is 1. The third kappa shape index (κ3) is 4.50. The number of fused-ring (bicyclic) bond motifs is 2. The third-order valence-corrected chi connectivity index (χ3v) is 7.07. The first-order valence-corrected chi connectivity index (χ1v) is 11.6. The van der Waals surface area contributed by atoms with Crippen LogP contribution in [0.15, 0.2) is 36.7 Å². The van der Waals surface area contributed by atoms with Gasteiger partial charge >= 0.3 is 6.18 Å². The Morgan fingerprint density at radius 1 is 1.23 bits per heavy atom. The van der Waals surface area contributed by atoms with Crippen molar-refractivity contribution >= 4 is 28.5 Å². The molecule has 1 fully saturated rings. The molecule has 0 aliphatic carbocycles. The number of imidazole rings is 1. The van der Waals surface area contributed by atoms with Crippen molar-refractivity contribution in [3.63, 3.8) is 0 Å². The minimum Gasteiger partial charge on any atom is -0.346 e. The second kappa shape index (κ2) is 8.67. The molecule has 2 unspecified atom stereocenters.